The van der Waals surface area contributed by atoms with Crippen molar-refractivity contribution >= 4 is 11.9 Å². The summed E-state index contributed by atoms with van der Waals surface area (Å²) >= 11 is 0. The minimum Gasteiger partial charge on any atom is -0.416 e. The van der Waals surface area contributed by atoms with Gasteiger partial charge in [0, 0.05) is 25.2 Å². The lowest BCUT2D eigenvalue weighted by Crippen LogP contribution is -2.54. The Hall–Kier alpha value is -2.66. The van der Waals surface area contributed by atoms with Crippen LogP contribution in [0.4, 0.5) is 0 Å². The molecule has 0 aromatic heterocycles. The molecule has 0 spiro atoms. The van der Waals surface area contributed by atoms with Crippen molar-refractivity contribution in [2.45, 2.75) is 12.8 Å². The molecular weight excluding hydrogens is 304 g/mol. The predicted octanol–water partition coefficient (Wildman–Crippen LogP) is 2.45. The minimum absolute atomic E-state index is 0.170. The number of carbonyl (C=O) groups excluding carboxylic acids is 2. The zero-order valence-corrected chi connectivity index (χ0v) is 13.4. The topological polar surface area (TPSA) is 49.9 Å². The molecule has 122 valence electrons. The van der Waals surface area contributed by atoms with Crippen LogP contribution < -0.4 is 0 Å². The van der Waals surface area contributed by atoms with Crippen LogP contribution in [0.25, 0.3) is 0 Å². The lowest BCUT2D eigenvalue weighted by atomic mass is 10.1. The zero-order valence-electron chi connectivity index (χ0n) is 13.4. The van der Waals surface area contributed by atoms with Crippen LogP contribution in [0.15, 0.2) is 54.6 Å². The smallest absolute Gasteiger partial charge is 0.342 e. The van der Waals surface area contributed by atoms with Crippen LogP contribution in [0.1, 0.15) is 33.2 Å². The number of fused-ring (bicyclic) bond motifs is 2. The Balaban J connectivity index is 1.95. The van der Waals surface area contributed by atoms with Gasteiger partial charge in [-0.1, -0.05) is 49.4 Å². The van der Waals surface area contributed by atoms with Gasteiger partial charge in [-0.3, -0.25) is 9.69 Å². The molecule has 2 aliphatic heterocycles. The van der Waals surface area contributed by atoms with E-state index in [9.17, 15) is 9.59 Å². The van der Waals surface area contributed by atoms with Crippen molar-refractivity contribution in [1.29, 1.82) is 0 Å². The zero-order chi connectivity index (χ0) is 16.7. The van der Waals surface area contributed by atoms with Crippen LogP contribution in [-0.2, 0) is 10.6 Å². The molecule has 5 nitrogen and oxygen atoms in total. The number of hydrogen-bond acceptors (Lipinski definition) is 4. The van der Waals surface area contributed by atoms with Gasteiger partial charge in [-0.2, -0.15) is 0 Å². The molecule has 0 saturated carbocycles. The molecule has 24 heavy (non-hydrogen) atoms. The van der Waals surface area contributed by atoms with Crippen LogP contribution in [-0.4, -0.2) is 41.3 Å². The van der Waals surface area contributed by atoms with E-state index in [1.54, 1.807) is 29.2 Å². The van der Waals surface area contributed by atoms with E-state index in [0.29, 0.717) is 30.8 Å². The fraction of sp³-hybridized carbons (Fsp3) is 0.263. The third kappa shape index (κ3) is 1.91. The van der Waals surface area contributed by atoms with Crippen molar-refractivity contribution in [3.8, 4) is 0 Å². The van der Waals surface area contributed by atoms with E-state index >= 15 is 0 Å². The fourth-order valence-corrected chi connectivity index (χ4v) is 3.66. The first-order chi connectivity index (χ1) is 11.7. The van der Waals surface area contributed by atoms with E-state index in [2.05, 4.69) is 0 Å². The lowest BCUT2D eigenvalue weighted by Gasteiger charge is -2.41. The largest absolute Gasteiger partial charge is 0.416 e. The van der Waals surface area contributed by atoms with E-state index in [-0.39, 0.29) is 5.91 Å². The molecule has 0 radical (unpaired) electrons. The number of rotatable bonds is 2. The van der Waals surface area contributed by atoms with Gasteiger partial charge in [-0.05, 0) is 12.1 Å². The number of carbonyl (C=O) groups is 2. The van der Waals surface area contributed by atoms with Crippen LogP contribution in [0.2, 0.25) is 0 Å². The standard InChI is InChI=1S/C19H18N2O3/c1-2-20-12-13-21-17(22)15-10-6-7-11-16(15)18(23)24-19(20,21)14-8-4-3-5-9-14/h3-11H,2,12-13H2,1H3. The molecule has 2 heterocycles. The van der Waals surface area contributed by atoms with Crippen molar-refractivity contribution in [3.63, 3.8) is 0 Å². The molecule has 1 saturated heterocycles. The van der Waals surface area contributed by atoms with Gasteiger partial charge in [-0.15, -0.1) is 0 Å². The Morgan fingerprint density at radius 3 is 2.33 bits per heavy atom. The number of ether oxygens (including phenoxy) is 1. The van der Waals surface area contributed by atoms with Crippen molar-refractivity contribution in [3.05, 3.63) is 71.3 Å². The van der Waals surface area contributed by atoms with Crippen molar-refractivity contribution in [1.82, 2.24) is 9.80 Å². The Bertz CT molecular complexity index is 805. The number of nitrogens with zero attached hydrogens (tertiary/aromatic N) is 2. The van der Waals surface area contributed by atoms with Crippen molar-refractivity contribution < 1.29 is 14.3 Å². The Labute approximate surface area is 140 Å². The molecule has 1 fully saturated rings. The number of hydrogen-bond donors (Lipinski definition) is 0. The summed E-state index contributed by atoms with van der Waals surface area (Å²) in [6.45, 7) is 3.85. The Kier molecular flexibility index (Phi) is 3.39. The highest BCUT2D eigenvalue weighted by Gasteiger charge is 2.56. The van der Waals surface area contributed by atoms with Gasteiger partial charge in [0.2, 0.25) is 0 Å². The summed E-state index contributed by atoms with van der Waals surface area (Å²) < 4.78 is 6.00. The first-order valence-corrected chi connectivity index (χ1v) is 8.13. The van der Waals surface area contributed by atoms with Gasteiger partial charge in [0.1, 0.15) is 0 Å². The van der Waals surface area contributed by atoms with Crippen LogP contribution in [0, 0.1) is 0 Å². The molecule has 1 amide bonds. The lowest BCUT2D eigenvalue weighted by molar-refractivity contribution is -0.165. The monoisotopic (exact) mass is 322 g/mol. The molecule has 0 bridgehead atoms. The third-order valence-corrected chi connectivity index (χ3v) is 4.78. The van der Waals surface area contributed by atoms with Gasteiger partial charge in [0.15, 0.2) is 0 Å². The second kappa shape index (κ2) is 5.46. The average molecular weight is 322 g/mol. The highest BCUT2D eigenvalue weighted by atomic mass is 16.6. The summed E-state index contributed by atoms with van der Waals surface area (Å²) in [7, 11) is 0. The number of benzene rings is 2. The van der Waals surface area contributed by atoms with E-state index < -0.39 is 11.8 Å². The first kappa shape index (κ1) is 14.9. The molecule has 5 heteroatoms. The SMILES string of the molecule is CCN1CCN2C(=O)c3ccccc3C(=O)OC12c1ccccc1. The second-order valence-corrected chi connectivity index (χ2v) is 5.95. The molecule has 0 aliphatic carbocycles. The first-order valence-electron chi connectivity index (χ1n) is 8.13. The number of esters is 1. The summed E-state index contributed by atoms with van der Waals surface area (Å²) in [4.78, 5) is 29.7. The highest BCUT2D eigenvalue weighted by Crippen LogP contribution is 2.42. The molecule has 2 aromatic rings. The van der Waals surface area contributed by atoms with Gasteiger partial charge < -0.3 is 4.74 Å². The Morgan fingerprint density at radius 2 is 1.62 bits per heavy atom. The third-order valence-electron chi connectivity index (χ3n) is 4.78. The summed E-state index contributed by atoms with van der Waals surface area (Å²) in [6, 6.07) is 16.3. The predicted molar refractivity (Wildman–Crippen MR) is 88.3 cm³/mol. The van der Waals surface area contributed by atoms with E-state index in [1.165, 1.54) is 0 Å². The average Bonchev–Trinajstić information content (AvgIpc) is 2.96. The molecule has 2 aliphatic rings. The summed E-state index contributed by atoms with van der Waals surface area (Å²) in [6.07, 6.45) is 0. The van der Waals surface area contributed by atoms with E-state index in [0.717, 1.165) is 5.56 Å². The van der Waals surface area contributed by atoms with Crippen LogP contribution >= 0.6 is 0 Å². The van der Waals surface area contributed by atoms with Crippen molar-refractivity contribution in [2.24, 2.45) is 0 Å². The van der Waals surface area contributed by atoms with E-state index in [1.807, 2.05) is 42.2 Å². The number of amides is 1. The van der Waals surface area contributed by atoms with Gasteiger partial charge in [0.25, 0.3) is 11.8 Å². The minimum atomic E-state index is -1.18. The normalized spacial score (nSPS) is 23.5. The summed E-state index contributed by atoms with van der Waals surface area (Å²) in [5, 5.41) is 0. The maximum absolute atomic E-state index is 13.2. The second-order valence-electron chi connectivity index (χ2n) is 5.95. The molecular formula is C19H18N2O3. The van der Waals surface area contributed by atoms with Gasteiger partial charge in [-0.25, -0.2) is 9.69 Å². The molecule has 2 aromatic carbocycles. The highest BCUT2D eigenvalue weighted by molar-refractivity contribution is 6.07. The van der Waals surface area contributed by atoms with Crippen molar-refractivity contribution in [2.75, 3.05) is 19.6 Å². The molecule has 4 rings (SSSR count). The van der Waals surface area contributed by atoms with Gasteiger partial charge in [0.05, 0.1) is 11.1 Å². The fourth-order valence-electron chi connectivity index (χ4n) is 3.66. The quantitative estimate of drug-likeness (QED) is 0.797. The van der Waals surface area contributed by atoms with Gasteiger partial charge >= 0.3 is 5.97 Å². The number of likely N-dealkylation sites (N-methyl/N-ethyl adjacent to an activating group) is 1. The van der Waals surface area contributed by atoms with E-state index in [4.69, 9.17) is 4.74 Å². The molecule has 1 atom stereocenters. The summed E-state index contributed by atoms with van der Waals surface area (Å²) in [5.74, 6) is -1.81. The van der Waals surface area contributed by atoms with Crippen LogP contribution in [0.3, 0.4) is 0 Å². The molecule has 1 unspecified atom stereocenters. The molecule has 0 N–H and O–H groups in total. The maximum atomic E-state index is 13.2. The summed E-state index contributed by atoms with van der Waals surface area (Å²) in [5.41, 5.74) is 1.51. The maximum Gasteiger partial charge on any atom is 0.342 e. The van der Waals surface area contributed by atoms with Crippen LogP contribution in [0.5, 0.6) is 0 Å². The Morgan fingerprint density at radius 1 is 0.958 bits per heavy atom.